The van der Waals surface area contributed by atoms with Gasteiger partial charge in [-0.25, -0.2) is 4.90 Å². The average Bonchev–Trinajstić information content (AvgIpc) is 2.92. The number of carbonyl (C=O) groups is 2. The standard InChI is InChI=1S/C25H28N2O2/c1-16-10-11-21(19(4)13-16)27-24(28)22(20-8-6-5-7-9-20)23(25(27)29)26-14-17(2)12-18(3)15-26/h5-11,13,17-18H,12,14-15H2,1-4H3. The number of piperidine rings is 1. The number of imide groups is 1. The van der Waals surface area contributed by atoms with Crippen LogP contribution in [0.15, 0.2) is 54.2 Å². The minimum atomic E-state index is -0.228. The first-order valence-electron chi connectivity index (χ1n) is 10.4. The molecule has 2 aromatic rings. The molecule has 0 aliphatic carbocycles. The Morgan fingerprint density at radius 3 is 2.14 bits per heavy atom. The van der Waals surface area contributed by atoms with Crippen LogP contribution < -0.4 is 4.90 Å². The van der Waals surface area contributed by atoms with Crippen molar-refractivity contribution in [3.63, 3.8) is 0 Å². The van der Waals surface area contributed by atoms with E-state index in [-0.39, 0.29) is 11.8 Å². The lowest BCUT2D eigenvalue weighted by Crippen LogP contribution is -2.42. The van der Waals surface area contributed by atoms with Crippen molar-refractivity contribution < 1.29 is 9.59 Å². The van der Waals surface area contributed by atoms with Crippen LogP contribution in [0.1, 0.15) is 37.0 Å². The summed E-state index contributed by atoms with van der Waals surface area (Å²) in [5, 5.41) is 0. The Morgan fingerprint density at radius 1 is 0.862 bits per heavy atom. The number of hydrogen-bond acceptors (Lipinski definition) is 3. The normalized spacial score (nSPS) is 22.6. The number of amides is 2. The molecule has 150 valence electrons. The zero-order valence-electron chi connectivity index (χ0n) is 17.6. The summed E-state index contributed by atoms with van der Waals surface area (Å²) in [7, 11) is 0. The zero-order chi connectivity index (χ0) is 20.7. The number of nitrogens with zero attached hydrogens (tertiary/aromatic N) is 2. The summed E-state index contributed by atoms with van der Waals surface area (Å²) in [6.07, 6.45) is 1.15. The van der Waals surface area contributed by atoms with Crippen molar-refractivity contribution >= 4 is 23.1 Å². The van der Waals surface area contributed by atoms with Gasteiger partial charge < -0.3 is 4.90 Å². The van der Waals surface area contributed by atoms with E-state index >= 15 is 0 Å². The quantitative estimate of drug-likeness (QED) is 0.724. The van der Waals surface area contributed by atoms with Gasteiger partial charge in [0.2, 0.25) is 0 Å². The van der Waals surface area contributed by atoms with Crippen LogP contribution in [-0.4, -0.2) is 29.8 Å². The molecule has 1 saturated heterocycles. The van der Waals surface area contributed by atoms with Gasteiger partial charge in [0, 0.05) is 13.1 Å². The first kappa shape index (κ1) is 19.4. The van der Waals surface area contributed by atoms with Gasteiger partial charge in [0.05, 0.1) is 11.3 Å². The fourth-order valence-corrected chi connectivity index (χ4v) is 4.80. The third-order valence-electron chi connectivity index (χ3n) is 5.90. The number of aryl methyl sites for hydroxylation is 2. The molecular weight excluding hydrogens is 360 g/mol. The van der Waals surface area contributed by atoms with Crippen LogP contribution in [0.2, 0.25) is 0 Å². The molecule has 2 amide bonds. The van der Waals surface area contributed by atoms with E-state index in [0.29, 0.717) is 28.8 Å². The number of rotatable bonds is 3. The summed E-state index contributed by atoms with van der Waals surface area (Å²) >= 11 is 0. The van der Waals surface area contributed by atoms with E-state index in [1.807, 2.05) is 62.4 Å². The zero-order valence-corrected chi connectivity index (χ0v) is 17.6. The van der Waals surface area contributed by atoms with Crippen LogP contribution in [0.3, 0.4) is 0 Å². The second-order valence-electron chi connectivity index (χ2n) is 8.68. The Bertz CT molecular complexity index is 983. The van der Waals surface area contributed by atoms with Crippen molar-refractivity contribution in [1.29, 1.82) is 0 Å². The molecule has 4 nitrogen and oxygen atoms in total. The molecule has 0 bridgehead atoms. The monoisotopic (exact) mass is 388 g/mol. The molecule has 2 aliphatic rings. The molecule has 0 spiro atoms. The Morgan fingerprint density at radius 2 is 1.52 bits per heavy atom. The Labute approximate surface area is 172 Å². The number of anilines is 1. The topological polar surface area (TPSA) is 40.6 Å². The van der Waals surface area contributed by atoms with E-state index in [1.54, 1.807) is 0 Å². The molecule has 4 heteroatoms. The van der Waals surface area contributed by atoms with Crippen molar-refractivity contribution in [2.24, 2.45) is 11.8 Å². The highest BCUT2D eigenvalue weighted by molar-refractivity contribution is 6.45. The first-order chi connectivity index (χ1) is 13.9. The number of likely N-dealkylation sites (tertiary alicyclic amines) is 1. The lowest BCUT2D eigenvalue weighted by Gasteiger charge is -2.37. The molecule has 2 heterocycles. The van der Waals surface area contributed by atoms with E-state index in [2.05, 4.69) is 18.7 Å². The van der Waals surface area contributed by atoms with Crippen LogP contribution >= 0.6 is 0 Å². The molecule has 0 N–H and O–H groups in total. The Kier molecular flexibility index (Phi) is 5.03. The Balaban J connectivity index is 1.84. The van der Waals surface area contributed by atoms with Crippen molar-refractivity contribution in [3.8, 4) is 0 Å². The maximum absolute atomic E-state index is 13.7. The molecule has 29 heavy (non-hydrogen) atoms. The summed E-state index contributed by atoms with van der Waals surface area (Å²) in [4.78, 5) is 30.8. The minimum absolute atomic E-state index is 0.206. The van der Waals surface area contributed by atoms with Gasteiger partial charge in [0.1, 0.15) is 5.70 Å². The van der Waals surface area contributed by atoms with E-state index < -0.39 is 0 Å². The number of benzene rings is 2. The maximum Gasteiger partial charge on any atom is 0.282 e. The number of carbonyl (C=O) groups excluding carboxylic acids is 2. The van der Waals surface area contributed by atoms with E-state index in [4.69, 9.17) is 0 Å². The first-order valence-corrected chi connectivity index (χ1v) is 10.4. The molecular formula is C25H28N2O2. The van der Waals surface area contributed by atoms with Crippen molar-refractivity contribution in [1.82, 2.24) is 4.90 Å². The maximum atomic E-state index is 13.7. The smallest absolute Gasteiger partial charge is 0.282 e. The average molecular weight is 389 g/mol. The van der Waals surface area contributed by atoms with Gasteiger partial charge in [0.25, 0.3) is 11.8 Å². The third-order valence-corrected chi connectivity index (χ3v) is 5.90. The van der Waals surface area contributed by atoms with Crippen molar-refractivity contribution in [2.45, 2.75) is 34.1 Å². The predicted octanol–water partition coefficient (Wildman–Crippen LogP) is 4.57. The fraction of sp³-hybridized carbons (Fsp3) is 0.360. The molecule has 2 aliphatic heterocycles. The van der Waals surface area contributed by atoms with Gasteiger partial charge in [-0.15, -0.1) is 0 Å². The lowest BCUT2D eigenvalue weighted by molar-refractivity contribution is -0.120. The van der Waals surface area contributed by atoms with E-state index in [1.165, 1.54) is 4.90 Å². The van der Waals surface area contributed by atoms with Crippen LogP contribution in [0.4, 0.5) is 5.69 Å². The molecule has 1 fully saturated rings. The van der Waals surface area contributed by atoms with Crippen LogP contribution in [0.25, 0.3) is 5.57 Å². The predicted molar refractivity (Wildman–Crippen MR) is 116 cm³/mol. The van der Waals surface area contributed by atoms with Crippen LogP contribution in [0.5, 0.6) is 0 Å². The molecule has 2 atom stereocenters. The summed E-state index contributed by atoms with van der Waals surface area (Å²) in [5.74, 6) is 0.541. The van der Waals surface area contributed by atoms with Gasteiger partial charge in [-0.05, 0) is 49.3 Å². The van der Waals surface area contributed by atoms with Gasteiger partial charge in [-0.3, -0.25) is 9.59 Å². The molecule has 0 aromatic heterocycles. The highest BCUT2D eigenvalue weighted by Crippen LogP contribution is 2.38. The van der Waals surface area contributed by atoms with Crippen molar-refractivity contribution in [3.05, 3.63) is 70.9 Å². The highest BCUT2D eigenvalue weighted by atomic mass is 16.2. The van der Waals surface area contributed by atoms with Crippen LogP contribution in [-0.2, 0) is 9.59 Å². The largest absolute Gasteiger partial charge is 0.366 e. The highest BCUT2D eigenvalue weighted by Gasteiger charge is 2.44. The molecule has 4 rings (SSSR count). The molecule has 0 saturated carbocycles. The lowest BCUT2D eigenvalue weighted by atomic mass is 9.91. The van der Waals surface area contributed by atoms with Gasteiger partial charge in [0.15, 0.2) is 0 Å². The van der Waals surface area contributed by atoms with Gasteiger partial charge >= 0.3 is 0 Å². The Hall–Kier alpha value is -2.88. The second-order valence-corrected chi connectivity index (χ2v) is 8.68. The summed E-state index contributed by atoms with van der Waals surface area (Å²) < 4.78 is 0. The molecule has 2 unspecified atom stereocenters. The van der Waals surface area contributed by atoms with Crippen molar-refractivity contribution in [2.75, 3.05) is 18.0 Å². The summed E-state index contributed by atoms with van der Waals surface area (Å²) in [6, 6.07) is 15.4. The second kappa shape index (κ2) is 7.51. The number of hydrogen-bond donors (Lipinski definition) is 0. The van der Waals surface area contributed by atoms with E-state index in [9.17, 15) is 9.59 Å². The SMILES string of the molecule is Cc1ccc(N2C(=O)C(c3ccccc3)=C(N3CC(C)CC(C)C3)C2=O)c(C)c1. The minimum Gasteiger partial charge on any atom is -0.366 e. The molecule has 0 radical (unpaired) electrons. The fourth-order valence-electron chi connectivity index (χ4n) is 4.80. The van der Waals surface area contributed by atoms with Crippen LogP contribution in [0, 0.1) is 25.7 Å². The van der Waals surface area contributed by atoms with Gasteiger partial charge in [-0.1, -0.05) is 61.9 Å². The third kappa shape index (κ3) is 3.48. The summed E-state index contributed by atoms with van der Waals surface area (Å²) in [6.45, 7) is 10.0. The van der Waals surface area contributed by atoms with E-state index in [0.717, 1.165) is 36.2 Å². The molecule has 2 aromatic carbocycles. The van der Waals surface area contributed by atoms with Gasteiger partial charge in [-0.2, -0.15) is 0 Å². The summed E-state index contributed by atoms with van der Waals surface area (Å²) in [5.41, 5.74) is 4.60.